The summed E-state index contributed by atoms with van der Waals surface area (Å²) in [6.45, 7) is 1.90. The van der Waals surface area contributed by atoms with E-state index in [-0.39, 0.29) is 29.4 Å². The van der Waals surface area contributed by atoms with E-state index in [1.165, 1.54) is 11.8 Å². The van der Waals surface area contributed by atoms with Crippen molar-refractivity contribution in [1.82, 2.24) is 4.98 Å². The largest absolute Gasteiger partial charge is 0.463 e. The van der Waals surface area contributed by atoms with E-state index in [9.17, 15) is 15.3 Å². The second kappa shape index (κ2) is 11.8. The van der Waals surface area contributed by atoms with Crippen LogP contribution >= 0.6 is 23.1 Å². The van der Waals surface area contributed by atoms with Crippen molar-refractivity contribution in [3.8, 4) is 22.6 Å². The fraction of sp³-hybridized carbons (Fsp3) is 0.267. The molecule has 0 amide bonds. The summed E-state index contributed by atoms with van der Waals surface area (Å²) in [5.74, 6) is -0.868. The molecule has 1 atom stereocenters. The predicted molar refractivity (Wildman–Crippen MR) is 150 cm³/mol. The van der Waals surface area contributed by atoms with E-state index in [1.807, 2.05) is 47.8 Å². The number of benzene rings is 1. The highest BCUT2D eigenvalue weighted by molar-refractivity contribution is 7.99. The molecule has 7 nitrogen and oxygen atoms in total. The van der Waals surface area contributed by atoms with E-state index in [1.54, 1.807) is 18.3 Å². The Bertz CT molecular complexity index is 1550. The molecule has 3 aromatic rings. The summed E-state index contributed by atoms with van der Waals surface area (Å²) >= 11 is 2.94. The van der Waals surface area contributed by atoms with Gasteiger partial charge in [0.2, 0.25) is 5.88 Å². The van der Waals surface area contributed by atoms with Crippen LogP contribution in [0.15, 0.2) is 75.7 Å². The summed E-state index contributed by atoms with van der Waals surface area (Å²) < 4.78 is 11.3. The van der Waals surface area contributed by atoms with E-state index in [2.05, 4.69) is 12.1 Å². The lowest BCUT2D eigenvalue weighted by Gasteiger charge is -2.28. The number of nitriles is 2. The minimum absolute atomic E-state index is 0.0480. The molecule has 39 heavy (non-hydrogen) atoms. The van der Waals surface area contributed by atoms with Crippen LogP contribution in [0.3, 0.4) is 0 Å². The molecule has 0 bridgehead atoms. The van der Waals surface area contributed by atoms with Crippen LogP contribution in [-0.4, -0.2) is 23.3 Å². The Morgan fingerprint density at radius 3 is 2.67 bits per heavy atom. The zero-order chi connectivity index (χ0) is 27.4. The number of esters is 1. The zero-order valence-electron chi connectivity index (χ0n) is 21.4. The summed E-state index contributed by atoms with van der Waals surface area (Å²) in [5, 5.41) is 22.8. The number of hydrogen-bond acceptors (Lipinski definition) is 9. The highest BCUT2D eigenvalue weighted by atomic mass is 32.2. The molecule has 2 aliphatic rings. The number of carbonyl (C=O) groups is 1. The summed E-state index contributed by atoms with van der Waals surface area (Å²) in [5.41, 5.74) is 11.0. The average Bonchev–Trinajstić information content (AvgIpc) is 3.50. The minimum atomic E-state index is -0.729. The maximum absolute atomic E-state index is 13.3. The number of fused-ring (bicyclic) bond motifs is 1. The van der Waals surface area contributed by atoms with E-state index >= 15 is 0 Å². The van der Waals surface area contributed by atoms with Gasteiger partial charge in [-0.1, -0.05) is 48.2 Å². The minimum Gasteiger partial charge on any atom is -0.463 e. The molecule has 9 heteroatoms. The van der Waals surface area contributed by atoms with Gasteiger partial charge in [-0.05, 0) is 55.2 Å². The number of aryl methyl sites for hydroxylation is 1. The number of hydrogen-bond donors (Lipinski definition) is 1. The third kappa shape index (κ3) is 5.16. The van der Waals surface area contributed by atoms with Gasteiger partial charge in [0.15, 0.2) is 0 Å². The van der Waals surface area contributed by atoms with Crippen molar-refractivity contribution in [3.63, 3.8) is 0 Å². The van der Waals surface area contributed by atoms with Gasteiger partial charge in [0, 0.05) is 16.1 Å². The average molecular weight is 555 g/mol. The van der Waals surface area contributed by atoms with Crippen LogP contribution in [0.5, 0.6) is 0 Å². The van der Waals surface area contributed by atoms with Crippen molar-refractivity contribution < 1.29 is 14.3 Å². The van der Waals surface area contributed by atoms with Crippen LogP contribution in [0.1, 0.15) is 48.1 Å². The maximum Gasteiger partial charge on any atom is 0.338 e. The van der Waals surface area contributed by atoms with Crippen molar-refractivity contribution in [3.05, 3.63) is 93.0 Å². The molecule has 0 saturated heterocycles. The predicted octanol–water partition coefficient (Wildman–Crippen LogP) is 5.98. The quantitative estimate of drug-likeness (QED) is 0.280. The monoisotopic (exact) mass is 554 g/mol. The van der Waals surface area contributed by atoms with Crippen molar-refractivity contribution in [2.24, 2.45) is 5.73 Å². The van der Waals surface area contributed by atoms with Crippen molar-refractivity contribution >= 4 is 29.1 Å². The fourth-order valence-corrected chi connectivity index (χ4v) is 6.84. The SMILES string of the molecule is CCOC(=O)C1=C(CSc2nc3c(c(-c4cccs4)c2C#N)CCCC3)OC(N)=C(C#N)[C@@H]1c1ccccc1. The molecule has 5 rings (SSSR count). The molecule has 196 valence electrons. The van der Waals surface area contributed by atoms with Crippen molar-refractivity contribution in [1.29, 1.82) is 10.5 Å². The molecule has 2 N–H and O–H groups in total. The topological polar surface area (TPSA) is 122 Å². The molecular formula is C30H26N4O3S2. The second-order valence-corrected chi connectivity index (χ2v) is 11.0. The molecule has 0 fully saturated rings. The first-order chi connectivity index (χ1) is 19.1. The van der Waals surface area contributed by atoms with Crippen LogP contribution in [0.2, 0.25) is 0 Å². The normalized spacial score (nSPS) is 16.6. The molecule has 1 aromatic carbocycles. The Kier molecular flexibility index (Phi) is 8.02. The number of ether oxygens (including phenoxy) is 2. The Hall–Kier alpha value is -4.05. The van der Waals surface area contributed by atoms with Gasteiger partial charge in [0.25, 0.3) is 0 Å². The molecule has 0 spiro atoms. The lowest BCUT2D eigenvalue weighted by atomic mass is 9.83. The number of thiophene rings is 1. The van der Waals surface area contributed by atoms with Gasteiger partial charge in [-0.15, -0.1) is 11.3 Å². The van der Waals surface area contributed by atoms with Crippen LogP contribution in [0.25, 0.3) is 10.4 Å². The van der Waals surface area contributed by atoms with Crippen LogP contribution in [0, 0.1) is 22.7 Å². The Labute approximate surface area is 235 Å². The van der Waals surface area contributed by atoms with E-state index in [0.29, 0.717) is 16.3 Å². The molecule has 1 aliphatic heterocycles. The number of nitrogens with zero attached hydrogens (tertiary/aromatic N) is 3. The highest BCUT2D eigenvalue weighted by Gasteiger charge is 2.38. The van der Waals surface area contributed by atoms with Crippen LogP contribution < -0.4 is 5.73 Å². The van der Waals surface area contributed by atoms with Crippen LogP contribution in [0.4, 0.5) is 0 Å². The number of rotatable bonds is 7. The van der Waals surface area contributed by atoms with Crippen LogP contribution in [-0.2, 0) is 27.1 Å². The number of thioether (sulfide) groups is 1. The maximum atomic E-state index is 13.3. The first-order valence-electron chi connectivity index (χ1n) is 12.7. The molecule has 0 radical (unpaired) electrons. The number of allylic oxidation sites excluding steroid dienone is 1. The van der Waals surface area contributed by atoms with E-state index in [0.717, 1.165) is 52.9 Å². The summed E-state index contributed by atoms with van der Waals surface area (Å²) in [7, 11) is 0. The Balaban J connectivity index is 1.60. The lowest BCUT2D eigenvalue weighted by molar-refractivity contribution is -0.139. The van der Waals surface area contributed by atoms with Gasteiger partial charge in [0.1, 0.15) is 28.5 Å². The Morgan fingerprint density at radius 1 is 1.18 bits per heavy atom. The zero-order valence-corrected chi connectivity index (χ0v) is 23.0. The summed E-state index contributed by atoms with van der Waals surface area (Å²) in [6.07, 6.45) is 3.88. The summed E-state index contributed by atoms with van der Waals surface area (Å²) in [4.78, 5) is 19.3. The molecule has 3 heterocycles. The third-order valence-corrected chi connectivity index (χ3v) is 8.65. The first-order valence-corrected chi connectivity index (χ1v) is 14.6. The number of pyridine rings is 1. The number of nitrogens with two attached hydrogens (primary N) is 1. The summed E-state index contributed by atoms with van der Waals surface area (Å²) in [6, 6.07) is 17.8. The standard InChI is InChI=1S/C30H26N4O3S2/c1-2-36-30(35)27-23(37-28(33)20(15-31)25(27)18-9-4-3-5-10-18)17-39-29-21(16-32)26(24-13-8-14-38-24)19-11-6-7-12-22(19)34-29/h3-5,8-10,13-14,25H,2,6-7,11-12,17,33H2,1H3/t25-/m0/s1. The van der Waals surface area contributed by atoms with Crippen molar-refractivity contribution in [2.45, 2.75) is 43.6 Å². The second-order valence-electron chi connectivity index (χ2n) is 9.07. The molecule has 1 aliphatic carbocycles. The smallest absolute Gasteiger partial charge is 0.338 e. The fourth-order valence-electron chi connectivity index (χ4n) is 5.09. The molecular weight excluding hydrogens is 528 g/mol. The van der Waals surface area contributed by atoms with Gasteiger partial charge in [-0.2, -0.15) is 10.5 Å². The van der Waals surface area contributed by atoms with E-state index in [4.69, 9.17) is 20.2 Å². The molecule has 0 unspecified atom stereocenters. The van der Waals surface area contributed by atoms with Gasteiger partial charge < -0.3 is 15.2 Å². The van der Waals surface area contributed by atoms with Gasteiger partial charge in [-0.25, -0.2) is 9.78 Å². The highest BCUT2D eigenvalue weighted by Crippen LogP contribution is 2.43. The third-order valence-electron chi connectivity index (χ3n) is 6.79. The number of carbonyl (C=O) groups excluding carboxylic acids is 1. The van der Waals surface area contributed by atoms with E-state index < -0.39 is 11.9 Å². The lowest BCUT2D eigenvalue weighted by Crippen LogP contribution is -2.27. The number of aromatic nitrogens is 1. The molecule has 2 aromatic heterocycles. The first kappa shape index (κ1) is 26.6. The Morgan fingerprint density at radius 2 is 1.97 bits per heavy atom. The van der Waals surface area contributed by atoms with Crippen molar-refractivity contribution in [2.75, 3.05) is 12.4 Å². The van der Waals surface area contributed by atoms with Gasteiger partial charge in [0.05, 0.1) is 29.4 Å². The van der Waals surface area contributed by atoms with Gasteiger partial charge in [-0.3, -0.25) is 0 Å². The van der Waals surface area contributed by atoms with Gasteiger partial charge >= 0.3 is 5.97 Å². The molecule has 0 saturated carbocycles.